The fraction of sp³-hybridized carbons (Fsp3) is 0.632. The number of rotatable bonds is 7. The summed E-state index contributed by atoms with van der Waals surface area (Å²) in [5.74, 6) is 0. The highest BCUT2D eigenvalue weighted by atomic mass is 28.4. The lowest BCUT2D eigenvalue weighted by atomic mass is 9.95. The molecule has 25 heavy (non-hydrogen) atoms. The van der Waals surface area contributed by atoms with Crippen LogP contribution in [-0.4, -0.2) is 65.1 Å². The van der Waals surface area contributed by atoms with E-state index in [9.17, 15) is 0 Å². The van der Waals surface area contributed by atoms with Crippen molar-refractivity contribution in [3.05, 3.63) is 29.8 Å². The number of benzene rings is 1. The van der Waals surface area contributed by atoms with Gasteiger partial charge in [0.15, 0.2) is 0 Å². The predicted octanol–water partition coefficient (Wildman–Crippen LogP) is 1.96. The lowest BCUT2D eigenvalue weighted by Gasteiger charge is -2.24. The molecule has 5 nitrogen and oxygen atoms in total. The standard InChI is InChI=1S/C19H31N2O3Si/c1-22-25(23-2,24-3)19-11-9-17(10-12-19)15-20-13-14-21(16-20)18-7-5-4-6-8-18/h9-12,16,18H,4-8,13-15H2,1-3H3/q+1. The Labute approximate surface area is 152 Å². The van der Waals surface area contributed by atoms with Crippen LogP contribution in [0.2, 0.25) is 0 Å². The lowest BCUT2D eigenvalue weighted by Crippen LogP contribution is -2.54. The van der Waals surface area contributed by atoms with E-state index in [0.717, 1.165) is 30.9 Å². The van der Waals surface area contributed by atoms with E-state index in [1.165, 1.54) is 37.7 Å². The van der Waals surface area contributed by atoms with Crippen LogP contribution in [0.3, 0.4) is 0 Å². The van der Waals surface area contributed by atoms with Gasteiger partial charge < -0.3 is 13.3 Å². The normalized spacial score (nSPS) is 19.3. The summed E-state index contributed by atoms with van der Waals surface area (Å²) in [5.41, 5.74) is 1.30. The van der Waals surface area contributed by atoms with Crippen LogP contribution < -0.4 is 5.19 Å². The Kier molecular flexibility index (Phi) is 6.27. The molecule has 0 bridgehead atoms. The average Bonchev–Trinajstić information content (AvgIpc) is 3.14. The fourth-order valence-corrected chi connectivity index (χ4v) is 5.81. The average molecular weight is 364 g/mol. The second kappa shape index (κ2) is 8.45. The molecule has 0 atom stereocenters. The molecule has 1 fully saturated rings. The lowest BCUT2D eigenvalue weighted by molar-refractivity contribution is -0.530. The van der Waals surface area contributed by atoms with Crippen molar-refractivity contribution in [2.45, 2.75) is 44.7 Å². The van der Waals surface area contributed by atoms with Gasteiger partial charge in [-0.2, -0.15) is 0 Å². The van der Waals surface area contributed by atoms with Crippen molar-refractivity contribution in [1.29, 1.82) is 0 Å². The molecule has 1 aliphatic carbocycles. The Morgan fingerprint density at radius 2 is 1.64 bits per heavy atom. The smallest absolute Gasteiger partial charge is 0.373 e. The van der Waals surface area contributed by atoms with Gasteiger partial charge in [0.2, 0.25) is 6.34 Å². The maximum Gasteiger partial charge on any atom is 0.536 e. The van der Waals surface area contributed by atoms with E-state index in [1.54, 1.807) is 21.3 Å². The zero-order valence-electron chi connectivity index (χ0n) is 15.7. The SMILES string of the molecule is CO[Si](OC)(OC)c1ccc(C[N+]2=CN(C3CCCCC3)CC2)cc1. The Morgan fingerprint density at radius 3 is 2.24 bits per heavy atom. The molecule has 0 spiro atoms. The van der Waals surface area contributed by atoms with Gasteiger partial charge in [0.1, 0.15) is 19.6 Å². The summed E-state index contributed by atoms with van der Waals surface area (Å²) in [6, 6.07) is 9.23. The molecule has 1 saturated carbocycles. The van der Waals surface area contributed by atoms with E-state index in [0.29, 0.717) is 0 Å². The summed E-state index contributed by atoms with van der Waals surface area (Å²) in [5, 5.41) is 0.998. The predicted molar refractivity (Wildman–Crippen MR) is 101 cm³/mol. The molecular weight excluding hydrogens is 332 g/mol. The third-order valence-corrected chi connectivity index (χ3v) is 8.15. The summed E-state index contributed by atoms with van der Waals surface area (Å²) in [6.07, 6.45) is 9.26. The first kappa shape index (κ1) is 18.6. The third kappa shape index (κ3) is 4.14. The number of nitrogens with zero attached hydrogens (tertiary/aromatic N) is 2. The first-order valence-corrected chi connectivity index (χ1v) is 11.0. The fourth-order valence-electron chi connectivity index (χ4n) is 4.03. The van der Waals surface area contributed by atoms with Crippen LogP contribution in [0.1, 0.15) is 37.7 Å². The van der Waals surface area contributed by atoms with Gasteiger partial charge >= 0.3 is 8.80 Å². The molecule has 138 valence electrons. The van der Waals surface area contributed by atoms with Gasteiger partial charge in [0.25, 0.3) is 0 Å². The molecule has 1 heterocycles. The van der Waals surface area contributed by atoms with Crippen molar-refractivity contribution in [2.75, 3.05) is 34.4 Å². The highest BCUT2D eigenvalue weighted by Gasteiger charge is 2.40. The van der Waals surface area contributed by atoms with E-state index >= 15 is 0 Å². The molecule has 2 aliphatic rings. The molecule has 1 aromatic rings. The molecule has 0 radical (unpaired) electrons. The van der Waals surface area contributed by atoms with Gasteiger partial charge in [0, 0.05) is 26.5 Å². The molecule has 0 unspecified atom stereocenters. The first-order valence-electron chi connectivity index (χ1n) is 9.30. The summed E-state index contributed by atoms with van der Waals surface area (Å²) in [7, 11) is 2.21. The van der Waals surface area contributed by atoms with Crippen molar-refractivity contribution in [3.8, 4) is 0 Å². The number of hydrogen-bond acceptors (Lipinski definition) is 4. The Hall–Kier alpha value is -1.21. The van der Waals surface area contributed by atoms with Crippen molar-refractivity contribution in [2.24, 2.45) is 0 Å². The molecule has 6 heteroatoms. The van der Waals surface area contributed by atoms with Crippen LogP contribution in [0, 0.1) is 0 Å². The minimum Gasteiger partial charge on any atom is -0.373 e. The summed E-state index contributed by atoms with van der Waals surface area (Å²) >= 11 is 0. The van der Waals surface area contributed by atoms with Crippen molar-refractivity contribution in [1.82, 2.24) is 4.90 Å². The second-order valence-corrected chi connectivity index (χ2v) is 9.90. The first-order chi connectivity index (χ1) is 12.2. The van der Waals surface area contributed by atoms with Crippen LogP contribution in [0.4, 0.5) is 0 Å². The van der Waals surface area contributed by atoms with Gasteiger partial charge in [-0.3, -0.25) is 9.48 Å². The molecule has 3 rings (SSSR count). The summed E-state index contributed by atoms with van der Waals surface area (Å²) in [6.45, 7) is 3.23. The van der Waals surface area contributed by atoms with Crippen LogP contribution in [0.25, 0.3) is 0 Å². The molecule has 0 aromatic heterocycles. The van der Waals surface area contributed by atoms with Crippen LogP contribution >= 0.6 is 0 Å². The summed E-state index contributed by atoms with van der Waals surface area (Å²) in [4.78, 5) is 2.56. The highest BCUT2D eigenvalue weighted by Crippen LogP contribution is 2.22. The molecule has 1 aromatic carbocycles. The largest absolute Gasteiger partial charge is 0.536 e. The number of hydrogen-bond donors (Lipinski definition) is 0. The Morgan fingerprint density at radius 1 is 1.00 bits per heavy atom. The second-order valence-electron chi connectivity index (χ2n) is 6.98. The summed E-state index contributed by atoms with van der Waals surface area (Å²) < 4.78 is 19.1. The van der Waals surface area contributed by atoms with E-state index in [4.69, 9.17) is 13.3 Å². The van der Waals surface area contributed by atoms with Crippen molar-refractivity contribution in [3.63, 3.8) is 0 Å². The topological polar surface area (TPSA) is 33.9 Å². The maximum absolute atomic E-state index is 5.55. The van der Waals surface area contributed by atoms with Gasteiger partial charge in [0.05, 0.1) is 6.04 Å². The van der Waals surface area contributed by atoms with Crippen molar-refractivity contribution >= 4 is 20.3 Å². The maximum atomic E-state index is 5.55. The van der Waals surface area contributed by atoms with Crippen molar-refractivity contribution < 1.29 is 17.9 Å². The molecular formula is C19H31N2O3Si+. The molecule has 0 amide bonds. The van der Waals surface area contributed by atoms with Crippen LogP contribution in [0.15, 0.2) is 24.3 Å². The minimum absolute atomic E-state index is 0.762. The monoisotopic (exact) mass is 363 g/mol. The Balaban J connectivity index is 1.63. The minimum atomic E-state index is -2.72. The molecule has 0 N–H and O–H groups in total. The van der Waals surface area contributed by atoms with Crippen LogP contribution in [-0.2, 0) is 19.8 Å². The molecule has 1 aliphatic heterocycles. The van der Waals surface area contributed by atoms with Gasteiger partial charge in [-0.25, -0.2) is 0 Å². The Bertz CT molecular complexity index is 573. The highest BCUT2D eigenvalue weighted by molar-refractivity contribution is 6.75. The van der Waals surface area contributed by atoms with E-state index < -0.39 is 8.80 Å². The third-order valence-electron chi connectivity index (χ3n) is 5.50. The quantitative estimate of drug-likeness (QED) is 0.548. The molecule has 0 saturated heterocycles. The van der Waals surface area contributed by atoms with E-state index in [2.05, 4.69) is 40.1 Å². The zero-order chi connectivity index (χ0) is 17.7. The van der Waals surface area contributed by atoms with E-state index in [-0.39, 0.29) is 0 Å². The van der Waals surface area contributed by atoms with Gasteiger partial charge in [-0.05, 0) is 31.2 Å². The zero-order valence-corrected chi connectivity index (χ0v) is 16.7. The van der Waals surface area contributed by atoms with E-state index in [1.807, 2.05) is 0 Å². The van der Waals surface area contributed by atoms with Gasteiger partial charge in [-0.1, -0.05) is 30.7 Å². The van der Waals surface area contributed by atoms with Gasteiger partial charge in [-0.15, -0.1) is 0 Å². The van der Waals surface area contributed by atoms with Crippen LogP contribution in [0.5, 0.6) is 0 Å².